The molecule has 0 aliphatic carbocycles. The van der Waals surface area contributed by atoms with Crippen LogP contribution in [0.5, 0.6) is 0 Å². The smallest absolute Gasteiger partial charge is 0.257 e. The topological polar surface area (TPSA) is 79.4 Å². The minimum Gasteiger partial charge on any atom is -0.378 e. The van der Waals surface area contributed by atoms with Gasteiger partial charge in [-0.05, 0) is 56.0 Å². The van der Waals surface area contributed by atoms with Crippen LogP contribution in [-0.2, 0) is 12.8 Å². The lowest BCUT2D eigenvalue weighted by Gasteiger charge is -2.32. The van der Waals surface area contributed by atoms with Gasteiger partial charge in [-0.25, -0.2) is 4.39 Å². The standard InChI is InChI=1S/C23H21FN6O/c1-4-23(3,31)11-15-12-25-13-20-17(15)6-5-9-29(20)21-18-10-16(24)7-8-19(18)30-14(2)27-28-22(30)26-21/h1,7-8,10,12-13,31H,5-6,9,11H2,2-3H3. The van der Waals surface area contributed by atoms with Crippen molar-refractivity contribution in [3.05, 3.63) is 53.4 Å². The lowest BCUT2D eigenvalue weighted by atomic mass is 9.91. The predicted molar refractivity (Wildman–Crippen MR) is 116 cm³/mol. The second-order valence-corrected chi connectivity index (χ2v) is 8.13. The number of aliphatic hydroxyl groups is 1. The van der Waals surface area contributed by atoms with E-state index < -0.39 is 5.60 Å². The Morgan fingerprint density at radius 3 is 2.94 bits per heavy atom. The molecule has 3 aromatic heterocycles. The maximum absolute atomic E-state index is 14.2. The SMILES string of the molecule is C#CC(C)(O)Cc1cncc2c1CCCN2c1nc2nnc(C)n2c2ccc(F)cc12. The van der Waals surface area contributed by atoms with Gasteiger partial charge in [0, 0.05) is 24.5 Å². The lowest BCUT2D eigenvalue weighted by Crippen LogP contribution is -2.29. The molecule has 4 heterocycles. The van der Waals surface area contributed by atoms with E-state index in [1.165, 1.54) is 12.1 Å². The molecule has 0 spiro atoms. The Kier molecular flexibility index (Phi) is 4.38. The number of hydrogen-bond donors (Lipinski definition) is 1. The summed E-state index contributed by atoms with van der Waals surface area (Å²) in [5.74, 6) is 3.85. The Bertz CT molecular complexity index is 1370. The Balaban J connectivity index is 1.73. The van der Waals surface area contributed by atoms with Gasteiger partial charge >= 0.3 is 0 Å². The summed E-state index contributed by atoms with van der Waals surface area (Å²) in [7, 11) is 0. The maximum Gasteiger partial charge on any atom is 0.257 e. The molecule has 4 aromatic rings. The van der Waals surface area contributed by atoms with Crippen molar-refractivity contribution in [2.45, 2.75) is 38.7 Å². The van der Waals surface area contributed by atoms with Gasteiger partial charge in [-0.1, -0.05) is 5.92 Å². The number of benzene rings is 1. The zero-order valence-electron chi connectivity index (χ0n) is 17.3. The Labute approximate surface area is 178 Å². The number of rotatable bonds is 3. The van der Waals surface area contributed by atoms with Crippen LogP contribution in [0.25, 0.3) is 16.7 Å². The number of halogens is 1. The van der Waals surface area contributed by atoms with Crippen LogP contribution >= 0.6 is 0 Å². The molecule has 0 saturated heterocycles. The summed E-state index contributed by atoms with van der Waals surface area (Å²) in [5.41, 5.74) is 2.39. The summed E-state index contributed by atoms with van der Waals surface area (Å²) in [6, 6.07) is 4.64. The van der Waals surface area contributed by atoms with Crippen molar-refractivity contribution in [2.24, 2.45) is 0 Å². The van der Waals surface area contributed by atoms with Crippen molar-refractivity contribution in [1.29, 1.82) is 0 Å². The highest BCUT2D eigenvalue weighted by Crippen LogP contribution is 2.38. The monoisotopic (exact) mass is 416 g/mol. The third kappa shape index (κ3) is 3.18. The van der Waals surface area contributed by atoms with E-state index in [1.807, 2.05) is 16.2 Å². The molecule has 7 nitrogen and oxygen atoms in total. The molecule has 1 aliphatic rings. The van der Waals surface area contributed by atoms with Crippen molar-refractivity contribution >= 4 is 28.2 Å². The number of hydrogen-bond acceptors (Lipinski definition) is 6. The van der Waals surface area contributed by atoms with Crippen LogP contribution in [0.2, 0.25) is 0 Å². The van der Waals surface area contributed by atoms with Crippen LogP contribution in [0, 0.1) is 25.1 Å². The second-order valence-electron chi connectivity index (χ2n) is 8.13. The molecule has 1 unspecified atom stereocenters. The zero-order valence-corrected chi connectivity index (χ0v) is 17.3. The molecular formula is C23H21FN6O. The summed E-state index contributed by atoms with van der Waals surface area (Å²) in [6.07, 6.45) is 11.0. The molecule has 1 aromatic carbocycles. The van der Waals surface area contributed by atoms with E-state index >= 15 is 0 Å². The molecule has 0 radical (unpaired) electrons. The van der Waals surface area contributed by atoms with Crippen LogP contribution in [0.15, 0.2) is 30.6 Å². The fourth-order valence-electron chi connectivity index (χ4n) is 4.32. The highest BCUT2D eigenvalue weighted by molar-refractivity contribution is 5.94. The van der Waals surface area contributed by atoms with Crippen LogP contribution in [0.1, 0.15) is 30.3 Å². The predicted octanol–water partition coefficient (Wildman–Crippen LogP) is 3.13. The lowest BCUT2D eigenvalue weighted by molar-refractivity contribution is 0.122. The van der Waals surface area contributed by atoms with Crippen LogP contribution in [-0.4, -0.2) is 41.8 Å². The quantitative estimate of drug-likeness (QED) is 0.517. The van der Waals surface area contributed by atoms with E-state index in [1.54, 1.807) is 25.4 Å². The maximum atomic E-state index is 14.2. The molecule has 1 aliphatic heterocycles. The first-order valence-electron chi connectivity index (χ1n) is 10.1. The van der Waals surface area contributed by atoms with E-state index in [4.69, 9.17) is 11.4 Å². The zero-order chi connectivity index (χ0) is 21.8. The first-order chi connectivity index (χ1) is 14.9. The number of anilines is 2. The highest BCUT2D eigenvalue weighted by Gasteiger charge is 2.27. The average Bonchev–Trinajstić information content (AvgIpc) is 3.13. The number of aryl methyl sites for hydroxylation is 1. The van der Waals surface area contributed by atoms with Gasteiger partial charge in [0.15, 0.2) is 0 Å². The fraction of sp³-hybridized carbons (Fsp3) is 0.304. The van der Waals surface area contributed by atoms with Crippen molar-refractivity contribution in [1.82, 2.24) is 24.6 Å². The number of aromatic nitrogens is 5. The highest BCUT2D eigenvalue weighted by atomic mass is 19.1. The van der Waals surface area contributed by atoms with E-state index in [0.717, 1.165) is 35.2 Å². The largest absolute Gasteiger partial charge is 0.378 e. The number of pyridine rings is 1. The summed E-state index contributed by atoms with van der Waals surface area (Å²) >= 11 is 0. The summed E-state index contributed by atoms with van der Waals surface area (Å²) in [6.45, 7) is 4.16. The van der Waals surface area contributed by atoms with Crippen LogP contribution in [0.4, 0.5) is 15.9 Å². The molecule has 8 heteroatoms. The molecule has 5 rings (SSSR count). The molecule has 31 heavy (non-hydrogen) atoms. The second kappa shape index (κ2) is 7.00. The minimum absolute atomic E-state index is 0.304. The van der Waals surface area contributed by atoms with Gasteiger partial charge in [0.1, 0.15) is 23.1 Å². The van der Waals surface area contributed by atoms with Crippen molar-refractivity contribution < 1.29 is 9.50 Å². The Hall–Kier alpha value is -3.57. The van der Waals surface area contributed by atoms with E-state index in [9.17, 15) is 9.50 Å². The van der Waals surface area contributed by atoms with Crippen molar-refractivity contribution in [2.75, 3.05) is 11.4 Å². The normalized spacial score (nSPS) is 15.6. The van der Waals surface area contributed by atoms with E-state index in [-0.39, 0.29) is 5.82 Å². The summed E-state index contributed by atoms with van der Waals surface area (Å²) in [5, 5.41) is 19.4. The number of terminal acetylenes is 1. The fourth-order valence-corrected chi connectivity index (χ4v) is 4.32. The van der Waals surface area contributed by atoms with E-state index in [0.29, 0.717) is 35.8 Å². The van der Waals surface area contributed by atoms with Crippen LogP contribution in [0.3, 0.4) is 0 Å². The van der Waals surface area contributed by atoms with Gasteiger partial charge in [-0.3, -0.25) is 9.38 Å². The van der Waals surface area contributed by atoms with Gasteiger partial charge in [0.25, 0.3) is 5.78 Å². The van der Waals surface area contributed by atoms with Gasteiger partial charge in [0.05, 0.1) is 17.4 Å². The van der Waals surface area contributed by atoms with Gasteiger partial charge in [-0.2, -0.15) is 4.98 Å². The van der Waals surface area contributed by atoms with Gasteiger partial charge < -0.3 is 10.0 Å². The first kappa shape index (κ1) is 19.4. The molecular weight excluding hydrogens is 395 g/mol. The van der Waals surface area contributed by atoms with Crippen molar-refractivity contribution in [3.8, 4) is 12.3 Å². The summed E-state index contributed by atoms with van der Waals surface area (Å²) < 4.78 is 16.1. The van der Waals surface area contributed by atoms with Gasteiger partial charge in [-0.15, -0.1) is 16.6 Å². The molecule has 156 valence electrons. The molecule has 0 bridgehead atoms. The van der Waals surface area contributed by atoms with E-state index in [2.05, 4.69) is 21.1 Å². The molecule has 1 atom stereocenters. The Morgan fingerprint density at radius 2 is 2.13 bits per heavy atom. The third-order valence-corrected chi connectivity index (χ3v) is 5.78. The average molecular weight is 416 g/mol. The van der Waals surface area contributed by atoms with Crippen LogP contribution < -0.4 is 4.90 Å². The molecule has 0 fully saturated rings. The minimum atomic E-state index is -1.26. The van der Waals surface area contributed by atoms with Crippen molar-refractivity contribution in [3.63, 3.8) is 0 Å². The third-order valence-electron chi connectivity index (χ3n) is 5.78. The number of fused-ring (bicyclic) bond motifs is 4. The summed E-state index contributed by atoms with van der Waals surface area (Å²) in [4.78, 5) is 11.2. The first-order valence-corrected chi connectivity index (χ1v) is 10.1. The Morgan fingerprint density at radius 1 is 1.29 bits per heavy atom. The molecule has 0 amide bonds. The number of nitrogens with zero attached hydrogens (tertiary/aromatic N) is 6. The van der Waals surface area contributed by atoms with Gasteiger partial charge in [0.2, 0.25) is 0 Å². The molecule has 0 saturated carbocycles. The molecule has 1 N–H and O–H groups in total.